The highest BCUT2D eigenvalue weighted by Gasteiger charge is 2.13. The van der Waals surface area contributed by atoms with Crippen LogP contribution < -0.4 is 5.73 Å². The molecule has 0 fully saturated rings. The smallest absolute Gasteiger partial charge is 0.258 e. The Morgan fingerprint density at radius 2 is 2.11 bits per heavy atom. The average molecular weight is 241 g/mol. The molecular formula is C13H11N3O2. The number of aromatic nitrogens is 2. The third-order valence-electron chi connectivity index (χ3n) is 2.69. The van der Waals surface area contributed by atoms with Crippen LogP contribution >= 0.6 is 0 Å². The first kappa shape index (κ1) is 10.6. The van der Waals surface area contributed by atoms with Gasteiger partial charge in [-0.3, -0.25) is 0 Å². The second-order valence-electron chi connectivity index (χ2n) is 4.01. The molecule has 0 aliphatic carbocycles. The van der Waals surface area contributed by atoms with E-state index >= 15 is 0 Å². The molecule has 0 radical (unpaired) electrons. The van der Waals surface area contributed by atoms with Gasteiger partial charge >= 0.3 is 0 Å². The molecule has 3 aromatic rings. The van der Waals surface area contributed by atoms with Crippen molar-refractivity contribution < 1.29 is 8.94 Å². The van der Waals surface area contributed by atoms with Crippen LogP contribution in [0.1, 0.15) is 5.56 Å². The van der Waals surface area contributed by atoms with Gasteiger partial charge in [-0.25, -0.2) is 0 Å². The maximum atomic E-state index is 5.71. The lowest BCUT2D eigenvalue weighted by Crippen LogP contribution is -1.88. The third kappa shape index (κ3) is 1.75. The highest BCUT2D eigenvalue weighted by atomic mass is 16.5. The average Bonchev–Trinajstić information content (AvgIpc) is 2.99. The maximum Gasteiger partial charge on any atom is 0.258 e. The van der Waals surface area contributed by atoms with Crippen molar-refractivity contribution in [2.75, 3.05) is 5.73 Å². The standard InChI is InChI=1S/C13H11N3O2/c1-8-6-10(14)2-3-11(8)13-15-12(16-18-13)9-4-5-17-7-9/h2-7H,14H2,1H3. The number of benzene rings is 1. The summed E-state index contributed by atoms with van der Waals surface area (Å²) in [4.78, 5) is 4.33. The summed E-state index contributed by atoms with van der Waals surface area (Å²) in [6, 6.07) is 7.34. The fourth-order valence-electron chi connectivity index (χ4n) is 1.77. The predicted octanol–water partition coefficient (Wildman–Crippen LogP) is 2.89. The van der Waals surface area contributed by atoms with Crippen molar-refractivity contribution >= 4 is 5.69 Å². The van der Waals surface area contributed by atoms with Crippen LogP contribution in [-0.4, -0.2) is 10.1 Å². The maximum absolute atomic E-state index is 5.71. The van der Waals surface area contributed by atoms with Gasteiger partial charge in [-0.05, 0) is 36.8 Å². The molecule has 0 saturated heterocycles. The summed E-state index contributed by atoms with van der Waals surface area (Å²) in [5, 5.41) is 3.92. The molecule has 3 rings (SSSR count). The molecule has 2 heterocycles. The van der Waals surface area contributed by atoms with E-state index in [-0.39, 0.29) is 0 Å². The van der Waals surface area contributed by atoms with Crippen molar-refractivity contribution in [3.8, 4) is 22.8 Å². The van der Waals surface area contributed by atoms with Gasteiger partial charge in [0.1, 0.15) is 6.26 Å². The van der Waals surface area contributed by atoms with Crippen molar-refractivity contribution in [1.29, 1.82) is 0 Å². The van der Waals surface area contributed by atoms with Crippen LogP contribution in [0.3, 0.4) is 0 Å². The minimum Gasteiger partial charge on any atom is -0.472 e. The normalized spacial score (nSPS) is 10.7. The van der Waals surface area contributed by atoms with Crippen LogP contribution in [0.15, 0.2) is 45.7 Å². The first-order chi connectivity index (χ1) is 8.74. The topological polar surface area (TPSA) is 78.1 Å². The Hall–Kier alpha value is -2.56. The van der Waals surface area contributed by atoms with E-state index in [0.29, 0.717) is 17.4 Å². The number of nitrogens with two attached hydrogens (primary N) is 1. The summed E-state index contributed by atoms with van der Waals surface area (Å²) >= 11 is 0. The molecule has 1 aromatic carbocycles. The molecule has 5 heteroatoms. The number of nitrogens with zero attached hydrogens (tertiary/aromatic N) is 2. The minimum atomic E-state index is 0.476. The van der Waals surface area contributed by atoms with Crippen LogP contribution in [0.4, 0.5) is 5.69 Å². The molecular weight excluding hydrogens is 230 g/mol. The van der Waals surface area contributed by atoms with E-state index < -0.39 is 0 Å². The Kier molecular flexibility index (Phi) is 2.37. The van der Waals surface area contributed by atoms with E-state index in [1.54, 1.807) is 18.6 Å². The zero-order valence-corrected chi connectivity index (χ0v) is 9.75. The molecule has 5 nitrogen and oxygen atoms in total. The number of hydrogen-bond acceptors (Lipinski definition) is 5. The fourth-order valence-corrected chi connectivity index (χ4v) is 1.77. The molecule has 0 spiro atoms. The molecule has 0 aliphatic heterocycles. The number of rotatable bonds is 2. The first-order valence-electron chi connectivity index (χ1n) is 5.47. The zero-order valence-electron chi connectivity index (χ0n) is 9.75. The monoisotopic (exact) mass is 241 g/mol. The molecule has 0 amide bonds. The van der Waals surface area contributed by atoms with E-state index in [9.17, 15) is 0 Å². The third-order valence-corrected chi connectivity index (χ3v) is 2.69. The molecule has 0 atom stereocenters. The second-order valence-corrected chi connectivity index (χ2v) is 4.01. The molecule has 0 unspecified atom stereocenters. The number of nitrogen functional groups attached to an aromatic ring is 1. The van der Waals surface area contributed by atoms with E-state index in [0.717, 1.165) is 16.7 Å². The number of anilines is 1. The second kappa shape index (κ2) is 4.03. The van der Waals surface area contributed by atoms with Crippen LogP contribution in [-0.2, 0) is 0 Å². The highest BCUT2D eigenvalue weighted by molar-refractivity contribution is 5.64. The lowest BCUT2D eigenvalue weighted by atomic mass is 10.1. The fraction of sp³-hybridized carbons (Fsp3) is 0.0769. The van der Waals surface area contributed by atoms with Crippen LogP contribution in [0.5, 0.6) is 0 Å². The van der Waals surface area contributed by atoms with Crippen LogP contribution in [0.25, 0.3) is 22.8 Å². The largest absolute Gasteiger partial charge is 0.472 e. The lowest BCUT2D eigenvalue weighted by molar-refractivity contribution is 0.432. The van der Waals surface area contributed by atoms with E-state index in [4.69, 9.17) is 14.7 Å². The Balaban J connectivity index is 2.03. The van der Waals surface area contributed by atoms with Crippen LogP contribution in [0, 0.1) is 6.92 Å². The molecule has 90 valence electrons. The summed E-state index contributed by atoms with van der Waals surface area (Å²) in [6.07, 6.45) is 3.14. The molecule has 0 saturated carbocycles. The van der Waals surface area contributed by atoms with E-state index in [1.165, 1.54) is 0 Å². The van der Waals surface area contributed by atoms with Crippen molar-refractivity contribution in [2.45, 2.75) is 6.92 Å². The molecule has 18 heavy (non-hydrogen) atoms. The van der Waals surface area contributed by atoms with Gasteiger partial charge in [0.05, 0.1) is 11.8 Å². The van der Waals surface area contributed by atoms with Gasteiger partial charge in [0.15, 0.2) is 0 Å². The SMILES string of the molecule is Cc1cc(N)ccc1-c1nc(-c2ccoc2)no1. The number of aryl methyl sites for hydroxylation is 1. The number of furan rings is 1. The van der Waals surface area contributed by atoms with E-state index in [2.05, 4.69) is 10.1 Å². The van der Waals surface area contributed by atoms with Gasteiger partial charge in [0, 0.05) is 11.3 Å². The summed E-state index contributed by atoms with van der Waals surface area (Å²) in [7, 11) is 0. The Bertz CT molecular complexity index is 671. The molecule has 2 aromatic heterocycles. The summed E-state index contributed by atoms with van der Waals surface area (Å²) < 4.78 is 10.2. The highest BCUT2D eigenvalue weighted by Crippen LogP contribution is 2.26. The van der Waals surface area contributed by atoms with Gasteiger partial charge in [-0.15, -0.1) is 0 Å². The Morgan fingerprint density at radius 1 is 1.22 bits per heavy atom. The van der Waals surface area contributed by atoms with Gasteiger partial charge in [0.25, 0.3) is 5.89 Å². The van der Waals surface area contributed by atoms with E-state index in [1.807, 2.05) is 25.1 Å². The van der Waals surface area contributed by atoms with Crippen molar-refractivity contribution in [3.63, 3.8) is 0 Å². The van der Waals surface area contributed by atoms with Gasteiger partial charge in [0.2, 0.25) is 5.82 Å². The first-order valence-corrected chi connectivity index (χ1v) is 5.47. The quantitative estimate of drug-likeness (QED) is 0.698. The van der Waals surface area contributed by atoms with Gasteiger partial charge in [-0.1, -0.05) is 5.16 Å². The minimum absolute atomic E-state index is 0.476. The van der Waals surface area contributed by atoms with Crippen molar-refractivity contribution in [2.24, 2.45) is 0 Å². The lowest BCUT2D eigenvalue weighted by Gasteiger charge is -2.00. The Morgan fingerprint density at radius 3 is 2.83 bits per heavy atom. The summed E-state index contributed by atoms with van der Waals surface area (Å²) in [6.45, 7) is 1.95. The van der Waals surface area contributed by atoms with Crippen molar-refractivity contribution in [1.82, 2.24) is 10.1 Å². The molecule has 2 N–H and O–H groups in total. The summed E-state index contributed by atoms with van der Waals surface area (Å²) in [5.41, 5.74) is 9.09. The van der Waals surface area contributed by atoms with Crippen molar-refractivity contribution in [3.05, 3.63) is 42.4 Å². The summed E-state index contributed by atoms with van der Waals surface area (Å²) in [5.74, 6) is 0.985. The molecule has 0 bridgehead atoms. The van der Waals surface area contributed by atoms with Gasteiger partial charge < -0.3 is 14.7 Å². The van der Waals surface area contributed by atoms with Crippen LogP contribution in [0.2, 0.25) is 0 Å². The molecule has 0 aliphatic rings. The van der Waals surface area contributed by atoms with Gasteiger partial charge in [-0.2, -0.15) is 4.98 Å². The zero-order chi connectivity index (χ0) is 12.5. The predicted molar refractivity (Wildman–Crippen MR) is 66.6 cm³/mol. The number of hydrogen-bond donors (Lipinski definition) is 1. The Labute approximate surface area is 103 Å².